The molecule has 3 aromatic rings. The molecule has 196 valence electrons. The average molecular weight is 513 g/mol. The quantitative estimate of drug-likeness (QED) is 0.406. The van der Waals surface area contributed by atoms with E-state index in [1.807, 2.05) is 18.2 Å². The SMILES string of the molecule is COc1ccc2c(c1)-c1nc(Nc3cc(OCCN4CCCC4)cc(C(F)(F)F)c3)ncc1CC2(C)C. The fraction of sp³-hybridized carbons (Fsp3) is 0.429. The van der Waals surface area contributed by atoms with Crippen LogP contribution in [0.3, 0.4) is 0 Å². The number of benzene rings is 2. The van der Waals surface area contributed by atoms with Gasteiger partial charge in [0.05, 0.1) is 18.4 Å². The highest BCUT2D eigenvalue weighted by Crippen LogP contribution is 2.44. The molecule has 2 aromatic carbocycles. The Bertz CT molecular complexity index is 1290. The minimum absolute atomic E-state index is 0.116. The number of rotatable bonds is 7. The highest BCUT2D eigenvalue weighted by atomic mass is 19.4. The van der Waals surface area contributed by atoms with Crippen LogP contribution in [0.4, 0.5) is 24.8 Å². The van der Waals surface area contributed by atoms with Gasteiger partial charge in [-0.3, -0.25) is 4.90 Å². The van der Waals surface area contributed by atoms with E-state index in [0.29, 0.717) is 18.9 Å². The second kappa shape index (κ2) is 9.85. The zero-order valence-corrected chi connectivity index (χ0v) is 21.3. The third-order valence-corrected chi connectivity index (χ3v) is 7.07. The Morgan fingerprint density at radius 3 is 2.57 bits per heavy atom. The summed E-state index contributed by atoms with van der Waals surface area (Å²) in [7, 11) is 1.61. The molecule has 1 aliphatic carbocycles. The normalized spacial score (nSPS) is 16.7. The molecule has 0 saturated carbocycles. The van der Waals surface area contributed by atoms with Crippen molar-refractivity contribution >= 4 is 11.6 Å². The molecule has 2 heterocycles. The summed E-state index contributed by atoms with van der Waals surface area (Å²) in [5.41, 5.74) is 3.11. The third kappa shape index (κ3) is 5.51. The number of fused-ring (bicyclic) bond motifs is 3. The molecule has 1 saturated heterocycles. The van der Waals surface area contributed by atoms with Crippen LogP contribution < -0.4 is 14.8 Å². The minimum Gasteiger partial charge on any atom is -0.497 e. The lowest BCUT2D eigenvalue weighted by molar-refractivity contribution is -0.137. The lowest BCUT2D eigenvalue weighted by Gasteiger charge is -2.33. The van der Waals surface area contributed by atoms with Gasteiger partial charge in [0.2, 0.25) is 5.95 Å². The van der Waals surface area contributed by atoms with Crippen LogP contribution in [0.25, 0.3) is 11.3 Å². The van der Waals surface area contributed by atoms with E-state index < -0.39 is 11.7 Å². The smallest absolute Gasteiger partial charge is 0.416 e. The van der Waals surface area contributed by atoms with Crippen LogP contribution in [0.2, 0.25) is 0 Å². The van der Waals surface area contributed by atoms with E-state index in [0.717, 1.165) is 66.9 Å². The molecule has 0 unspecified atom stereocenters. The summed E-state index contributed by atoms with van der Waals surface area (Å²) in [6.45, 7) is 7.35. The van der Waals surface area contributed by atoms with Gasteiger partial charge in [0.15, 0.2) is 0 Å². The standard InChI is InChI=1S/C28H31F3N4O2/c1-27(2)16-18-17-32-26(34-25(18)23-15-21(36-3)6-7-24(23)27)33-20-12-19(28(29,30)31)13-22(14-20)37-11-10-35-8-4-5-9-35/h6-7,12-15,17H,4-5,8-11,16H2,1-3H3,(H,32,33,34). The molecule has 0 radical (unpaired) electrons. The van der Waals surface area contributed by atoms with Crippen LogP contribution in [0.15, 0.2) is 42.6 Å². The topological polar surface area (TPSA) is 59.5 Å². The summed E-state index contributed by atoms with van der Waals surface area (Å²) in [5, 5.41) is 2.97. The van der Waals surface area contributed by atoms with Crippen molar-refractivity contribution < 1.29 is 22.6 Å². The van der Waals surface area contributed by atoms with Crippen molar-refractivity contribution in [1.82, 2.24) is 14.9 Å². The van der Waals surface area contributed by atoms with Gasteiger partial charge in [-0.2, -0.15) is 13.2 Å². The maximum atomic E-state index is 13.7. The predicted molar refractivity (Wildman–Crippen MR) is 137 cm³/mol. The van der Waals surface area contributed by atoms with E-state index in [9.17, 15) is 13.2 Å². The van der Waals surface area contributed by atoms with Crippen molar-refractivity contribution in [3.05, 3.63) is 59.3 Å². The van der Waals surface area contributed by atoms with Crippen LogP contribution >= 0.6 is 0 Å². The van der Waals surface area contributed by atoms with Crippen LogP contribution in [0.5, 0.6) is 11.5 Å². The molecule has 0 bridgehead atoms. The zero-order valence-electron chi connectivity index (χ0n) is 21.3. The van der Waals surface area contributed by atoms with Crippen LogP contribution in [0.1, 0.15) is 43.4 Å². The van der Waals surface area contributed by atoms with Gasteiger partial charge in [-0.05, 0) is 73.2 Å². The molecule has 0 atom stereocenters. The molecule has 1 aromatic heterocycles. The van der Waals surface area contributed by atoms with Crippen molar-refractivity contribution in [3.63, 3.8) is 0 Å². The van der Waals surface area contributed by atoms with Crippen molar-refractivity contribution in [1.29, 1.82) is 0 Å². The Morgan fingerprint density at radius 1 is 1.05 bits per heavy atom. The monoisotopic (exact) mass is 512 g/mol. The van der Waals surface area contributed by atoms with Gasteiger partial charge in [0, 0.05) is 30.1 Å². The lowest BCUT2D eigenvalue weighted by atomic mass is 9.72. The van der Waals surface area contributed by atoms with Crippen LogP contribution in [-0.2, 0) is 18.0 Å². The first-order valence-corrected chi connectivity index (χ1v) is 12.5. The Balaban J connectivity index is 1.43. The molecule has 9 heteroatoms. The van der Waals surface area contributed by atoms with E-state index in [1.54, 1.807) is 19.4 Å². The second-order valence-corrected chi connectivity index (χ2v) is 10.3. The molecule has 37 heavy (non-hydrogen) atoms. The fourth-order valence-corrected chi connectivity index (χ4v) is 5.18. The molecule has 6 nitrogen and oxygen atoms in total. The van der Waals surface area contributed by atoms with Gasteiger partial charge in [-0.15, -0.1) is 0 Å². The number of methoxy groups -OCH3 is 1. The van der Waals surface area contributed by atoms with Gasteiger partial charge in [0.1, 0.15) is 18.1 Å². The lowest BCUT2D eigenvalue weighted by Crippen LogP contribution is -2.26. The number of hydrogen-bond donors (Lipinski definition) is 1. The number of ether oxygens (including phenoxy) is 2. The third-order valence-electron chi connectivity index (χ3n) is 7.07. The van der Waals surface area contributed by atoms with Crippen molar-refractivity contribution in [2.45, 2.75) is 44.7 Å². The van der Waals surface area contributed by atoms with Crippen molar-refractivity contribution in [2.24, 2.45) is 0 Å². The molecule has 1 N–H and O–H groups in total. The number of nitrogens with zero attached hydrogens (tertiary/aromatic N) is 3. The van der Waals surface area contributed by atoms with E-state index in [1.165, 1.54) is 0 Å². The zero-order chi connectivity index (χ0) is 26.2. The number of aromatic nitrogens is 2. The summed E-state index contributed by atoms with van der Waals surface area (Å²) in [4.78, 5) is 11.4. The van der Waals surface area contributed by atoms with Gasteiger partial charge in [-0.1, -0.05) is 19.9 Å². The molecule has 1 fully saturated rings. The Labute approximate surface area is 214 Å². The number of halogens is 3. The number of nitrogens with one attached hydrogen (secondary N) is 1. The summed E-state index contributed by atoms with van der Waals surface area (Å²) >= 11 is 0. The van der Waals surface area contributed by atoms with Gasteiger partial charge in [-0.25, -0.2) is 9.97 Å². The Morgan fingerprint density at radius 2 is 1.84 bits per heavy atom. The number of anilines is 2. The molecule has 5 rings (SSSR count). The molecule has 2 aliphatic rings. The molecule has 1 aliphatic heterocycles. The first-order chi connectivity index (χ1) is 17.6. The molecular weight excluding hydrogens is 481 g/mol. The Hall–Kier alpha value is -3.33. The van der Waals surface area contributed by atoms with Crippen molar-refractivity contribution in [3.8, 4) is 22.8 Å². The second-order valence-electron chi connectivity index (χ2n) is 10.3. The average Bonchev–Trinajstić information content (AvgIpc) is 3.37. The molecule has 0 spiro atoms. The predicted octanol–water partition coefficient (Wildman–Crippen LogP) is 6.22. The fourth-order valence-electron chi connectivity index (χ4n) is 5.18. The summed E-state index contributed by atoms with van der Waals surface area (Å²) in [5.74, 6) is 1.09. The highest BCUT2D eigenvalue weighted by molar-refractivity contribution is 5.74. The Kier molecular flexibility index (Phi) is 6.74. The van der Waals surface area contributed by atoms with E-state index in [-0.39, 0.29) is 22.8 Å². The van der Waals surface area contributed by atoms with Gasteiger partial charge >= 0.3 is 6.18 Å². The maximum absolute atomic E-state index is 13.7. The number of alkyl halides is 3. The first-order valence-electron chi connectivity index (χ1n) is 12.5. The number of hydrogen-bond acceptors (Lipinski definition) is 6. The maximum Gasteiger partial charge on any atom is 0.416 e. The highest BCUT2D eigenvalue weighted by Gasteiger charge is 2.33. The summed E-state index contributed by atoms with van der Waals surface area (Å²) < 4.78 is 52.1. The molecule has 0 amide bonds. The summed E-state index contributed by atoms with van der Waals surface area (Å²) in [6.07, 6.45) is 0.277. The van der Waals surface area contributed by atoms with Crippen molar-refractivity contribution in [2.75, 3.05) is 38.7 Å². The largest absolute Gasteiger partial charge is 0.497 e. The van der Waals surface area contributed by atoms with E-state index in [2.05, 4.69) is 29.0 Å². The molecular formula is C28H31F3N4O2. The number of likely N-dealkylation sites (tertiary alicyclic amines) is 1. The van der Waals surface area contributed by atoms with Crippen LogP contribution in [-0.4, -0.2) is 48.2 Å². The minimum atomic E-state index is -4.51. The van der Waals surface area contributed by atoms with E-state index >= 15 is 0 Å². The van der Waals surface area contributed by atoms with Gasteiger partial charge in [0.25, 0.3) is 0 Å². The van der Waals surface area contributed by atoms with Crippen LogP contribution in [0, 0.1) is 0 Å². The van der Waals surface area contributed by atoms with E-state index in [4.69, 9.17) is 14.5 Å². The van der Waals surface area contributed by atoms with Gasteiger partial charge < -0.3 is 14.8 Å². The first kappa shape index (κ1) is 25.3. The summed E-state index contributed by atoms with van der Waals surface area (Å²) in [6, 6.07) is 9.57.